The number of aryl methyl sites for hydroxylation is 1. The van der Waals surface area contributed by atoms with Crippen LogP contribution in [0.5, 0.6) is 0 Å². The van der Waals surface area contributed by atoms with E-state index in [0.29, 0.717) is 13.1 Å². The van der Waals surface area contributed by atoms with E-state index in [1.54, 1.807) is 17.0 Å². The molecule has 3 aromatic rings. The van der Waals surface area contributed by atoms with Crippen LogP contribution in [0.25, 0.3) is 0 Å². The van der Waals surface area contributed by atoms with Crippen LogP contribution in [0.15, 0.2) is 65.4 Å². The average molecular weight is 420 g/mol. The largest absolute Gasteiger partial charge is 0.459 e. The quantitative estimate of drug-likeness (QED) is 0.604. The first-order chi connectivity index (χ1) is 15.0. The maximum Gasteiger partial charge on any atom is 0.290 e. The summed E-state index contributed by atoms with van der Waals surface area (Å²) in [6, 6.07) is 15.5. The summed E-state index contributed by atoms with van der Waals surface area (Å²) in [5, 5.41) is 0. The maximum absolute atomic E-state index is 13.6. The number of benzene rings is 1. The van der Waals surface area contributed by atoms with Crippen molar-refractivity contribution in [2.75, 3.05) is 19.6 Å². The van der Waals surface area contributed by atoms with Crippen LogP contribution in [-0.4, -0.2) is 45.8 Å². The molecule has 3 heterocycles. The number of fused-ring (bicyclic) bond motifs is 1. The molecule has 0 aliphatic carbocycles. The number of nitrogens with zero attached hydrogens (tertiary/aromatic N) is 3. The second-order valence-corrected chi connectivity index (χ2v) is 8.53. The van der Waals surface area contributed by atoms with Gasteiger partial charge in [-0.2, -0.15) is 0 Å². The van der Waals surface area contributed by atoms with Crippen molar-refractivity contribution >= 4 is 11.8 Å². The summed E-state index contributed by atoms with van der Waals surface area (Å²) in [5.41, 5.74) is 3.36. The van der Waals surface area contributed by atoms with E-state index in [-0.39, 0.29) is 36.1 Å². The van der Waals surface area contributed by atoms with Crippen molar-refractivity contribution in [2.45, 2.75) is 33.4 Å². The van der Waals surface area contributed by atoms with E-state index in [0.717, 1.165) is 23.4 Å². The number of carbonyl (C=O) groups excluding carboxylic acids is 2. The first kappa shape index (κ1) is 21.0. The minimum absolute atomic E-state index is 0.0286. The Morgan fingerprint density at radius 2 is 1.90 bits per heavy atom. The molecule has 0 radical (unpaired) electrons. The van der Waals surface area contributed by atoms with Crippen LogP contribution < -0.4 is 0 Å². The molecular formula is C25H29N3O3. The highest BCUT2D eigenvalue weighted by molar-refractivity contribution is 5.94. The van der Waals surface area contributed by atoms with Gasteiger partial charge >= 0.3 is 0 Å². The van der Waals surface area contributed by atoms with Crippen molar-refractivity contribution in [1.82, 2.24) is 14.4 Å². The predicted octanol–water partition coefficient (Wildman–Crippen LogP) is 4.12. The highest BCUT2D eigenvalue weighted by atomic mass is 16.3. The molecule has 2 amide bonds. The molecule has 0 saturated heterocycles. The first-order valence-corrected chi connectivity index (χ1v) is 10.8. The van der Waals surface area contributed by atoms with Crippen LogP contribution in [0.3, 0.4) is 0 Å². The smallest absolute Gasteiger partial charge is 0.290 e. The fourth-order valence-electron chi connectivity index (χ4n) is 4.34. The van der Waals surface area contributed by atoms with Crippen molar-refractivity contribution in [3.05, 3.63) is 83.6 Å². The number of hydrogen-bond acceptors (Lipinski definition) is 3. The number of aromatic nitrogens is 1. The van der Waals surface area contributed by atoms with Crippen molar-refractivity contribution < 1.29 is 14.0 Å². The SMILES string of the molecule is Cc1ccccc1[C@@H]1c2cccn2CCN1C(=O)CN(CC(C)C)C(=O)c1ccco1. The number of amides is 2. The summed E-state index contributed by atoms with van der Waals surface area (Å²) in [7, 11) is 0. The van der Waals surface area contributed by atoms with E-state index < -0.39 is 0 Å². The molecule has 0 bridgehead atoms. The van der Waals surface area contributed by atoms with Gasteiger partial charge in [0.25, 0.3) is 5.91 Å². The monoisotopic (exact) mass is 419 g/mol. The first-order valence-electron chi connectivity index (χ1n) is 10.8. The molecule has 1 aliphatic rings. The van der Waals surface area contributed by atoms with Gasteiger partial charge in [0.15, 0.2) is 5.76 Å². The van der Waals surface area contributed by atoms with Gasteiger partial charge in [0.2, 0.25) is 5.91 Å². The molecule has 1 aromatic carbocycles. The van der Waals surface area contributed by atoms with Gasteiger partial charge in [0.1, 0.15) is 6.54 Å². The van der Waals surface area contributed by atoms with Gasteiger partial charge < -0.3 is 18.8 Å². The third-order valence-electron chi connectivity index (χ3n) is 5.77. The van der Waals surface area contributed by atoms with Crippen molar-refractivity contribution in [3.8, 4) is 0 Å². The van der Waals surface area contributed by atoms with Crippen LogP contribution in [0.2, 0.25) is 0 Å². The Labute approximate surface area is 183 Å². The second-order valence-electron chi connectivity index (χ2n) is 8.53. The molecular weight excluding hydrogens is 390 g/mol. The molecule has 31 heavy (non-hydrogen) atoms. The molecule has 1 aliphatic heterocycles. The topological polar surface area (TPSA) is 58.7 Å². The second kappa shape index (κ2) is 8.84. The molecule has 4 rings (SSSR count). The molecule has 1 atom stereocenters. The van der Waals surface area contributed by atoms with Gasteiger partial charge in [0, 0.05) is 31.5 Å². The Morgan fingerprint density at radius 1 is 1.10 bits per heavy atom. The average Bonchev–Trinajstić information content (AvgIpc) is 3.44. The molecule has 0 spiro atoms. The van der Waals surface area contributed by atoms with E-state index in [2.05, 4.69) is 35.9 Å². The zero-order chi connectivity index (χ0) is 22.0. The number of carbonyl (C=O) groups is 2. The van der Waals surface area contributed by atoms with Gasteiger partial charge in [-0.25, -0.2) is 0 Å². The van der Waals surface area contributed by atoms with Gasteiger partial charge in [-0.1, -0.05) is 38.1 Å². The van der Waals surface area contributed by atoms with Crippen LogP contribution in [0, 0.1) is 12.8 Å². The highest BCUT2D eigenvalue weighted by Gasteiger charge is 2.34. The summed E-state index contributed by atoms with van der Waals surface area (Å²) in [6.45, 7) is 8.01. The predicted molar refractivity (Wildman–Crippen MR) is 119 cm³/mol. The lowest BCUT2D eigenvalue weighted by atomic mass is 9.95. The molecule has 0 N–H and O–H groups in total. The molecule has 2 aromatic heterocycles. The molecule has 162 valence electrons. The summed E-state index contributed by atoms with van der Waals surface area (Å²) in [5.74, 6) is 0.190. The Balaban J connectivity index is 1.64. The lowest BCUT2D eigenvalue weighted by Crippen LogP contribution is -2.48. The minimum atomic E-state index is -0.250. The van der Waals surface area contributed by atoms with E-state index in [9.17, 15) is 9.59 Å². The van der Waals surface area contributed by atoms with Gasteiger partial charge in [0.05, 0.1) is 12.3 Å². The lowest BCUT2D eigenvalue weighted by Gasteiger charge is -2.39. The normalized spacial score (nSPS) is 15.7. The molecule has 6 nitrogen and oxygen atoms in total. The van der Waals surface area contributed by atoms with E-state index in [1.807, 2.05) is 36.9 Å². The van der Waals surface area contributed by atoms with Crippen LogP contribution in [0.4, 0.5) is 0 Å². The molecule has 0 saturated carbocycles. The van der Waals surface area contributed by atoms with Crippen molar-refractivity contribution in [3.63, 3.8) is 0 Å². The van der Waals surface area contributed by atoms with Gasteiger partial charge in [-0.15, -0.1) is 0 Å². The standard InChI is InChI=1S/C25H29N3O3/c1-18(2)16-27(25(30)22-11-7-15-31-22)17-23(29)28-14-13-26-12-6-10-21(26)24(28)20-9-5-4-8-19(20)3/h4-12,15,18,24H,13-14,16-17H2,1-3H3/t24-/m1/s1. The van der Waals surface area contributed by atoms with Crippen molar-refractivity contribution in [1.29, 1.82) is 0 Å². The summed E-state index contributed by atoms with van der Waals surface area (Å²) >= 11 is 0. The van der Waals surface area contributed by atoms with Crippen LogP contribution in [0.1, 0.15) is 47.3 Å². The summed E-state index contributed by atoms with van der Waals surface area (Å²) in [6.07, 6.45) is 3.55. The highest BCUT2D eigenvalue weighted by Crippen LogP contribution is 2.34. The number of rotatable bonds is 6. The Morgan fingerprint density at radius 3 is 2.61 bits per heavy atom. The molecule has 0 unspecified atom stereocenters. The Bertz CT molecular complexity index is 1050. The number of hydrogen-bond donors (Lipinski definition) is 0. The van der Waals surface area contributed by atoms with Crippen LogP contribution >= 0.6 is 0 Å². The third-order valence-corrected chi connectivity index (χ3v) is 5.77. The summed E-state index contributed by atoms with van der Waals surface area (Å²) in [4.78, 5) is 30.1. The van der Waals surface area contributed by atoms with Gasteiger partial charge in [-0.05, 0) is 48.2 Å². The Hall–Kier alpha value is -3.28. The zero-order valence-corrected chi connectivity index (χ0v) is 18.3. The fourth-order valence-corrected chi connectivity index (χ4v) is 4.34. The van der Waals surface area contributed by atoms with Crippen molar-refractivity contribution in [2.24, 2.45) is 5.92 Å². The summed E-state index contributed by atoms with van der Waals surface area (Å²) < 4.78 is 7.52. The fraction of sp³-hybridized carbons (Fsp3) is 0.360. The van der Waals surface area contributed by atoms with Gasteiger partial charge in [-0.3, -0.25) is 9.59 Å². The third kappa shape index (κ3) is 4.29. The molecule has 6 heteroatoms. The Kier molecular flexibility index (Phi) is 5.98. The minimum Gasteiger partial charge on any atom is -0.459 e. The number of furan rings is 1. The zero-order valence-electron chi connectivity index (χ0n) is 18.3. The molecule has 0 fully saturated rings. The van der Waals surface area contributed by atoms with E-state index in [4.69, 9.17) is 4.42 Å². The van der Waals surface area contributed by atoms with Crippen LogP contribution in [-0.2, 0) is 11.3 Å². The maximum atomic E-state index is 13.6. The van der Waals surface area contributed by atoms with E-state index in [1.165, 1.54) is 6.26 Å². The van der Waals surface area contributed by atoms with E-state index >= 15 is 0 Å². The lowest BCUT2D eigenvalue weighted by molar-refractivity contribution is -0.134.